The maximum atomic E-state index is 11.8. The third-order valence-electron chi connectivity index (χ3n) is 4.80. The molecule has 2 atom stereocenters. The summed E-state index contributed by atoms with van der Waals surface area (Å²) < 4.78 is 6.23. The molecule has 1 aromatic carbocycles. The molecule has 0 unspecified atom stereocenters. The first kappa shape index (κ1) is 18.1. The molecule has 1 aliphatic heterocycles. The van der Waals surface area contributed by atoms with Gasteiger partial charge in [-0.05, 0) is 32.3 Å². The number of ether oxygens (including phenoxy) is 1. The number of piperidine rings is 1. The van der Waals surface area contributed by atoms with E-state index in [9.17, 15) is 4.79 Å². The number of aromatic nitrogens is 1. The Hall–Kier alpha value is -1.72. The summed E-state index contributed by atoms with van der Waals surface area (Å²) in [6.07, 6.45) is 1.99. The highest BCUT2D eigenvalue weighted by Crippen LogP contribution is 2.26. The molecular formula is C20H26N2O2S. The van der Waals surface area contributed by atoms with Gasteiger partial charge in [0.15, 0.2) is 0 Å². The number of hydrogen-bond donors (Lipinski definition) is 0. The average molecular weight is 359 g/mol. The van der Waals surface area contributed by atoms with Crippen molar-refractivity contribution in [3.8, 4) is 0 Å². The second-order valence-electron chi connectivity index (χ2n) is 6.91. The van der Waals surface area contributed by atoms with Gasteiger partial charge in [-0.2, -0.15) is 0 Å². The predicted molar refractivity (Wildman–Crippen MR) is 101 cm³/mol. The molecule has 0 aliphatic carbocycles. The number of amides is 1. The fourth-order valence-electron chi connectivity index (χ4n) is 3.52. The zero-order chi connectivity index (χ0) is 17.8. The van der Waals surface area contributed by atoms with Gasteiger partial charge in [0.1, 0.15) is 0 Å². The number of aryl methyl sites for hydroxylation is 2. The number of likely N-dealkylation sites (tertiary alicyclic amines) is 1. The number of hydrogen-bond acceptors (Lipinski definition) is 4. The number of benzene rings is 1. The molecule has 1 aromatic heterocycles. The van der Waals surface area contributed by atoms with Crippen molar-refractivity contribution in [1.82, 2.24) is 9.88 Å². The van der Waals surface area contributed by atoms with Crippen LogP contribution >= 0.6 is 11.3 Å². The lowest BCUT2D eigenvalue weighted by atomic mass is 9.88. The molecule has 1 saturated heterocycles. The van der Waals surface area contributed by atoms with Gasteiger partial charge >= 0.3 is 0 Å². The van der Waals surface area contributed by atoms with E-state index in [1.807, 2.05) is 11.8 Å². The second-order valence-corrected chi connectivity index (χ2v) is 7.98. The van der Waals surface area contributed by atoms with E-state index in [4.69, 9.17) is 4.74 Å². The van der Waals surface area contributed by atoms with Crippen LogP contribution in [0, 0.1) is 19.8 Å². The molecule has 0 spiro atoms. The zero-order valence-corrected chi connectivity index (χ0v) is 16.0. The number of carbonyl (C=O) groups excluding carboxylic acids is 1. The van der Waals surface area contributed by atoms with Crippen LogP contribution in [0.1, 0.15) is 35.2 Å². The molecule has 1 aliphatic rings. The lowest BCUT2D eigenvalue weighted by molar-refractivity contribution is -0.134. The maximum Gasteiger partial charge on any atom is 0.219 e. The summed E-state index contributed by atoms with van der Waals surface area (Å²) in [5.41, 5.74) is 3.59. The summed E-state index contributed by atoms with van der Waals surface area (Å²) >= 11 is 1.66. The molecule has 0 radical (unpaired) electrons. The summed E-state index contributed by atoms with van der Waals surface area (Å²) in [6.45, 7) is 7.89. The second kappa shape index (κ2) is 8.11. The minimum Gasteiger partial charge on any atom is -0.371 e. The van der Waals surface area contributed by atoms with Crippen molar-refractivity contribution in [1.29, 1.82) is 0 Å². The molecule has 1 fully saturated rings. The Kier molecular flexibility index (Phi) is 5.86. The molecule has 3 rings (SSSR count). The van der Waals surface area contributed by atoms with Gasteiger partial charge < -0.3 is 9.64 Å². The molecule has 0 bridgehead atoms. The first-order valence-corrected chi connectivity index (χ1v) is 9.73. The Morgan fingerprint density at radius 1 is 1.40 bits per heavy atom. The molecule has 25 heavy (non-hydrogen) atoms. The highest BCUT2D eigenvalue weighted by molar-refractivity contribution is 7.09. The standard InChI is InChI=1S/C20H26N2O2S/c1-14-5-4-6-17(9-14)10-18-11-22(16(3)23)8-7-20(18)24-12-19-13-25-15(2)21-19/h4-6,9,13,18,20H,7-8,10-12H2,1-3H3/t18-,20+/m1/s1. The van der Waals surface area contributed by atoms with Crippen LogP contribution in [0.5, 0.6) is 0 Å². The fourth-order valence-corrected chi connectivity index (χ4v) is 4.12. The van der Waals surface area contributed by atoms with Gasteiger partial charge in [-0.25, -0.2) is 4.98 Å². The molecule has 134 valence electrons. The van der Waals surface area contributed by atoms with Crippen molar-refractivity contribution in [3.63, 3.8) is 0 Å². The van der Waals surface area contributed by atoms with E-state index in [-0.39, 0.29) is 12.0 Å². The topological polar surface area (TPSA) is 42.4 Å². The summed E-state index contributed by atoms with van der Waals surface area (Å²) in [5, 5.41) is 3.14. The minimum absolute atomic E-state index is 0.155. The Morgan fingerprint density at radius 3 is 2.92 bits per heavy atom. The third kappa shape index (κ3) is 4.89. The smallest absolute Gasteiger partial charge is 0.219 e. The van der Waals surface area contributed by atoms with Gasteiger partial charge in [0.2, 0.25) is 5.91 Å². The van der Waals surface area contributed by atoms with E-state index in [1.165, 1.54) is 11.1 Å². The summed E-state index contributed by atoms with van der Waals surface area (Å²) in [5.74, 6) is 0.474. The quantitative estimate of drug-likeness (QED) is 0.817. The normalized spacial score (nSPS) is 20.7. The monoisotopic (exact) mass is 358 g/mol. The lowest BCUT2D eigenvalue weighted by Gasteiger charge is -2.38. The zero-order valence-electron chi connectivity index (χ0n) is 15.2. The summed E-state index contributed by atoms with van der Waals surface area (Å²) in [6, 6.07) is 8.61. The molecule has 0 saturated carbocycles. The van der Waals surface area contributed by atoms with Crippen LogP contribution in [0.25, 0.3) is 0 Å². The third-order valence-corrected chi connectivity index (χ3v) is 5.62. The summed E-state index contributed by atoms with van der Waals surface area (Å²) in [4.78, 5) is 18.3. The van der Waals surface area contributed by atoms with E-state index in [2.05, 4.69) is 41.6 Å². The van der Waals surface area contributed by atoms with Crippen LogP contribution in [0.4, 0.5) is 0 Å². The molecule has 2 heterocycles. The lowest BCUT2D eigenvalue weighted by Crippen LogP contribution is -2.46. The maximum absolute atomic E-state index is 11.8. The Labute approximate surface area is 153 Å². The highest BCUT2D eigenvalue weighted by Gasteiger charge is 2.31. The van der Waals surface area contributed by atoms with Gasteiger partial charge in [-0.1, -0.05) is 29.8 Å². The van der Waals surface area contributed by atoms with E-state index in [1.54, 1.807) is 18.3 Å². The van der Waals surface area contributed by atoms with Crippen LogP contribution in [-0.4, -0.2) is 35.0 Å². The average Bonchev–Trinajstić information content (AvgIpc) is 2.99. The molecule has 0 N–H and O–H groups in total. The van der Waals surface area contributed by atoms with Crippen LogP contribution in [-0.2, 0) is 22.6 Å². The molecule has 5 heteroatoms. The van der Waals surface area contributed by atoms with Crippen molar-refractivity contribution in [2.45, 2.75) is 46.3 Å². The highest BCUT2D eigenvalue weighted by atomic mass is 32.1. The van der Waals surface area contributed by atoms with Crippen LogP contribution in [0.3, 0.4) is 0 Å². The Balaban J connectivity index is 1.68. The first-order valence-electron chi connectivity index (χ1n) is 8.85. The van der Waals surface area contributed by atoms with Crippen LogP contribution in [0.2, 0.25) is 0 Å². The van der Waals surface area contributed by atoms with Crippen molar-refractivity contribution in [2.24, 2.45) is 5.92 Å². The minimum atomic E-state index is 0.155. The molecular weight excluding hydrogens is 332 g/mol. The molecule has 1 amide bonds. The first-order chi connectivity index (χ1) is 12.0. The van der Waals surface area contributed by atoms with Gasteiger partial charge in [0.05, 0.1) is 23.4 Å². The number of nitrogens with zero attached hydrogens (tertiary/aromatic N) is 2. The van der Waals surface area contributed by atoms with Gasteiger partial charge in [-0.3, -0.25) is 4.79 Å². The predicted octanol–water partition coefficient (Wildman–Crippen LogP) is 3.76. The van der Waals surface area contributed by atoms with Gasteiger partial charge in [0, 0.05) is 31.3 Å². The molecule has 2 aromatic rings. The van der Waals surface area contributed by atoms with Crippen LogP contribution < -0.4 is 0 Å². The van der Waals surface area contributed by atoms with Gasteiger partial charge in [-0.15, -0.1) is 11.3 Å². The van der Waals surface area contributed by atoms with Crippen LogP contribution in [0.15, 0.2) is 29.6 Å². The van der Waals surface area contributed by atoms with E-state index >= 15 is 0 Å². The van der Waals surface area contributed by atoms with Crippen molar-refractivity contribution < 1.29 is 9.53 Å². The van der Waals surface area contributed by atoms with E-state index < -0.39 is 0 Å². The Morgan fingerprint density at radius 2 is 2.24 bits per heavy atom. The fraction of sp³-hybridized carbons (Fsp3) is 0.500. The number of thiazole rings is 1. The Bertz CT molecular complexity index is 728. The van der Waals surface area contributed by atoms with E-state index in [0.717, 1.165) is 36.6 Å². The van der Waals surface area contributed by atoms with Crippen molar-refractivity contribution in [2.75, 3.05) is 13.1 Å². The SMILES string of the molecule is CC(=O)N1CC[C@H](OCc2csc(C)n2)[C@H](Cc2cccc(C)c2)C1. The van der Waals surface area contributed by atoms with Crippen molar-refractivity contribution in [3.05, 3.63) is 51.5 Å². The molecule has 4 nitrogen and oxygen atoms in total. The van der Waals surface area contributed by atoms with E-state index in [0.29, 0.717) is 12.5 Å². The number of rotatable bonds is 5. The van der Waals surface area contributed by atoms with Gasteiger partial charge in [0.25, 0.3) is 0 Å². The van der Waals surface area contributed by atoms with Crippen molar-refractivity contribution >= 4 is 17.2 Å². The number of carbonyl (C=O) groups is 1. The largest absolute Gasteiger partial charge is 0.371 e. The summed E-state index contributed by atoms with van der Waals surface area (Å²) in [7, 11) is 0.